The van der Waals surface area contributed by atoms with E-state index in [1.807, 2.05) is 129 Å². The van der Waals surface area contributed by atoms with Crippen LogP contribution in [0.25, 0.3) is 79.2 Å². The van der Waals surface area contributed by atoms with Gasteiger partial charge in [-0.2, -0.15) is 0 Å². The second kappa shape index (κ2) is 15.2. The Morgan fingerprint density at radius 3 is 1.90 bits per heavy atom. The van der Waals surface area contributed by atoms with E-state index in [0.29, 0.717) is 51.2 Å². The minimum atomic E-state index is 0.247. The number of halogens is 1. The molecule has 4 aromatic heterocycles. The summed E-state index contributed by atoms with van der Waals surface area (Å²) in [5.74, 6) is 2.59. The summed E-state index contributed by atoms with van der Waals surface area (Å²) in [5.41, 5.74) is 5.02. The molecular weight excluding hydrogens is 712 g/mol. The van der Waals surface area contributed by atoms with Crippen LogP contribution in [0.4, 0.5) is 0 Å². The molecule has 0 amide bonds. The highest BCUT2D eigenvalue weighted by atomic mass is 79.9. The van der Waals surface area contributed by atoms with E-state index >= 15 is 0 Å². The normalized spacial score (nSPS) is 12.4. The third-order valence-electron chi connectivity index (χ3n) is 7.95. The van der Waals surface area contributed by atoms with Gasteiger partial charge in [0, 0.05) is 32.1 Å². The number of fused-ring (bicyclic) bond motifs is 3. The van der Waals surface area contributed by atoms with Crippen molar-refractivity contribution < 1.29 is 4.42 Å². The first kappa shape index (κ1) is 34.0. The van der Waals surface area contributed by atoms with Crippen LogP contribution in [-0.2, 0) is 0 Å². The molecule has 0 N–H and O–H groups in total. The molecule has 0 atom stereocenters. The van der Waals surface area contributed by atoms with Crippen LogP contribution in [0.5, 0.6) is 0 Å². The number of allylic oxidation sites excluding steroid dienone is 10. The molecule has 9 nitrogen and oxygen atoms in total. The van der Waals surface area contributed by atoms with Gasteiger partial charge in [-0.1, -0.05) is 138 Å². The Morgan fingerprint density at radius 2 is 1.29 bits per heavy atom. The van der Waals surface area contributed by atoms with Crippen LogP contribution in [-0.4, -0.2) is 39.9 Å². The lowest BCUT2D eigenvalue weighted by atomic mass is 10.1. The van der Waals surface area contributed by atoms with Gasteiger partial charge < -0.3 is 4.42 Å². The van der Waals surface area contributed by atoms with Crippen LogP contribution in [0.2, 0.25) is 0 Å². The number of rotatable bonds is 10. The fourth-order valence-electron chi connectivity index (χ4n) is 5.42. The zero-order chi connectivity index (χ0) is 36.0. The van der Waals surface area contributed by atoms with E-state index in [1.165, 1.54) is 0 Å². The molecular formula is C42H31BrN8O. The van der Waals surface area contributed by atoms with Crippen molar-refractivity contribution in [1.29, 1.82) is 0 Å². The van der Waals surface area contributed by atoms with Crippen molar-refractivity contribution in [3.05, 3.63) is 157 Å². The molecule has 252 valence electrons. The van der Waals surface area contributed by atoms with E-state index in [1.54, 1.807) is 12.2 Å². The molecule has 4 heterocycles. The lowest BCUT2D eigenvalue weighted by Crippen LogP contribution is -2.07. The Hall–Kier alpha value is -6.52. The van der Waals surface area contributed by atoms with Crippen LogP contribution >= 0.6 is 15.9 Å². The first-order valence-electron chi connectivity index (χ1n) is 16.4. The predicted molar refractivity (Wildman–Crippen MR) is 211 cm³/mol. The smallest absolute Gasteiger partial charge is 0.201 e. The van der Waals surface area contributed by atoms with Crippen molar-refractivity contribution in [2.45, 2.75) is 13.8 Å². The second-order valence-electron chi connectivity index (χ2n) is 11.4. The van der Waals surface area contributed by atoms with Gasteiger partial charge in [0.1, 0.15) is 11.1 Å². The number of benzene rings is 3. The Kier molecular flexibility index (Phi) is 9.90. The summed E-state index contributed by atoms with van der Waals surface area (Å²) in [6.45, 7) is 11.7. The lowest BCUT2D eigenvalue weighted by molar-refractivity contribution is 0.666. The molecule has 52 heavy (non-hydrogen) atoms. The third kappa shape index (κ3) is 6.92. The monoisotopic (exact) mass is 742 g/mol. The molecule has 0 saturated carbocycles. The van der Waals surface area contributed by atoms with Gasteiger partial charge in [-0.3, -0.25) is 0 Å². The van der Waals surface area contributed by atoms with Gasteiger partial charge in [-0.05, 0) is 32.0 Å². The molecule has 0 aliphatic carbocycles. The molecule has 10 heteroatoms. The maximum absolute atomic E-state index is 6.47. The first-order valence-corrected chi connectivity index (χ1v) is 17.2. The van der Waals surface area contributed by atoms with Crippen molar-refractivity contribution in [3.63, 3.8) is 0 Å². The number of nitrogens with zero attached hydrogens (tertiary/aromatic N) is 8. The highest BCUT2D eigenvalue weighted by Gasteiger charge is 2.24. The number of hydrogen-bond donors (Lipinski definition) is 0. The van der Waals surface area contributed by atoms with E-state index in [2.05, 4.69) is 29.1 Å². The van der Waals surface area contributed by atoms with E-state index in [9.17, 15) is 0 Å². The summed E-state index contributed by atoms with van der Waals surface area (Å²) >= 11 is 3.62. The Balaban J connectivity index is 1.55. The molecule has 0 aliphatic rings. The summed E-state index contributed by atoms with van der Waals surface area (Å²) < 4.78 is 7.33. The van der Waals surface area contributed by atoms with Gasteiger partial charge in [-0.15, -0.1) is 0 Å². The molecule has 0 spiro atoms. The molecule has 7 rings (SSSR count). The largest absolute Gasteiger partial charge is 0.452 e. The van der Waals surface area contributed by atoms with E-state index in [4.69, 9.17) is 44.3 Å². The molecule has 7 aromatic rings. The highest BCUT2D eigenvalue weighted by Crippen LogP contribution is 2.36. The van der Waals surface area contributed by atoms with Crippen LogP contribution in [0.1, 0.15) is 25.5 Å². The van der Waals surface area contributed by atoms with Crippen LogP contribution in [0.15, 0.2) is 150 Å². The number of furan rings is 1. The van der Waals surface area contributed by atoms with Gasteiger partial charge in [0.25, 0.3) is 0 Å². The van der Waals surface area contributed by atoms with Crippen molar-refractivity contribution in [1.82, 2.24) is 39.9 Å². The number of aromatic nitrogens is 8. The SMILES string of the molecule is C=C/C=C\C(=C/C)c1nc(/C(C=C)=C/C=C\C)nc(-c2nc(-c3nc(-c4ccccc4)nc(-c4ccccc4)n3)nc3c2oc2ccc(Br)cc23)n1. The van der Waals surface area contributed by atoms with Crippen molar-refractivity contribution >= 4 is 49.1 Å². The van der Waals surface area contributed by atoms with Crippen LogP contribution in [0, 0.1) is 0 Å². The zero-order valence-electron chi connectivity index (χ0n) is 28.4. The maximum atomic E-state index is 6.47. The van der Waals surface area contributed by atoms with E-state index in [-0.39, 0.29) is 17.5 Å². The molecule has 3 aromatic carbocycles. The molecule has 0 fully saturated rings. The fraction of sp³-hybridized carbons (Fsp3) is 0.0476. The average Bonchev–Trinajstić information content (AvgIpc) is 3.56. The molecule has 0 radical (unpaired) electrons. The van der Waals surface area contributed by atoms with Crippen molar-refractivity contribution in [2.24, 2.45) is 0 Å². The third-order valence-corrected chi connectivity index (χ3v) is 8.44. The second-order valence-corrected chi connectivity index (χ2v) is 12.3. The van der Waals surface area contributed by atoms with E-state index < -0.39 is 0 Å². The molecule has 0 aliphatic heterocycles. The maximum Gasteiger partial charge on any atom is 0.201 e. The quantitative estimate of drug-likeness (QED) is 0.126. The average molecular weight is 744 g/mol. The summed E-state index contributed by atoms with van der Waals surface area (Å²) in [6, 6.07) is 25.2. The summed E-state index contributed by atoms with van der Waals surface area (Å²) in [7, 11) is 0. The summed E-state index contributed by atoms with van der Waals surface area (Å²) in [4.78, 5) is 39.5. The van der Waals surface area contributed by atoms with E-state index in [0.717, 1.165) is 26.6 Å². The fourth-order valence-corrected chi connectivity index (χ4v) is 5.78. The Bertz CT molecular complexity index is 2530. The standard InChI is InChI=1S/C42H31BrN8O/c1-5-9-17-26(7-3)36-46-37(27(8-4)18-10-6-2)49-40(48-36)34-35-33(31-25-30(43)23-24-32(31)52-35)44-41(45-34)42-50-38(28-19-13-11-14-20-28)47-39(51-42)29-21-15-12-16-22-29/h5-25H,1,4H2,2-3H3/b10-6-,17-9-,26-7+,27-18+. The summed E-state index contributed by atoms with van der Waals surface area (Å²) in [6.07, 6.45) is 14.8. The van der Waals surface area contributed by atoms with Crippen LogP contribution in [0.3, 0.4) is 0 Å². The van der Waals surface area contributed by atoms with Gasteiger partial charge >= 0.3 is 0 Å². The highest BCUT2D eigenvalue weighted by molar-refractivity contribution is 9.10. The zero-order valence-corrected chi connectivity index (χ0v) is 30.0. The lowest BCUT2D eigenvalue weighted by Gasteiger charge is -2.10. The van der Waals surface area contributed by atoms with Gasteiger partial charge in [0.05, 0.1) is 0 Å². The molecule has 0 unspecified atom stereocenters. The summed E-state index contributed by atoms with van der Waals surface area (Å²) in [5, 5.41) is 0.771. The topological polar surface area (TPSA) is 116 Å². The van der Waals surface area contributed by atoms with Crippen molar-refractivity contribution in [3.8, 4) is 45.9 Å². The predicted octanol–water partition coefficient (Wildman–Crippen LogP) is 10.5. The van der Waals surface area contributed by atoms with Gasteiger partial charge in [0.2, 0.25) is 5.82 Å². The minimum Gasteiger partial charge on any atom is -0.452 e. The molecule has 0 saturated heterocycles. The Labute approximate surface area is 308 Å². The molecule has 0 bridgehead atoms. The number of hydrogen-bond acceptors (Lipinski definition) is 9. The van der Waals surface area contributed by atoms with Gasteiger partial charge in [-0.25, -0.2) is 39.9 Å². The van der Waals surface area contributed by atoms with Crippen molar-refractivity contribution in [2.75, 3.05) is 0 Å². The first-order chi connectivity index (χ1) is 25.5. The minimum absolute atomic E-state index is 0.247. The Morgan fingerprint density at radius 1 is 0.654 bits per heavy atom. The van der Waals surface area contributed by atoms with Crippen LogP contribution < -0.4 is 0 Å². The van der Waals surface area contributed by atoms with Gasteiger partial charge in [0.15, 0.2) is 46.2 Å².